The molecule has 3 rings (SSSR count). The van der Waals surface area contributed by atoms with Gasteiger partial charge in [-0.2, -0.15) is 0 Å². The third-order valence-corrected chi connectivity index (χ3v) is 8.43. The number of amides is 3. The predicted molar refractivity (Wildman–Crippen MR) is 155 cm³/mol. The van der Waals surface area contributed by atoms with Crippen LogP contribution >= 0.6 is 0 Å². The molecule has 3 fully saturated rings. The van der Waals surface area contributed by atoms with Crippen LogP contribution < -0.4 is 10.6 Å². The molecule has 3 aliphatic heterocycles. The summed E-state index contributed by atoms with van der Waals surface area (Å²) < 4.78 is 21.6. The molecule has 0 aliphatic carbocycles. The molecule has 3 amide bonds. The molecule has 3 heterocycles. The fourth-order valence-corrected chi connectivity index (χ4v) is 5.69. The lowest BCUT2D eigenvalue weighted by Crippen LogP contribution is -2.57. The van der Waals surface area contributed by atoms with E-state index < -0.39 is 91.2 Å². The van der Waals surface area contributed by atoms with E-state index in [1.165, 1.54) is 25.7 Å². The molecule has 0 radical (unpaired) electrons. The van der Waals surface area contributed by atoms with E-state index in [0.29, 0.717) is 19.3 Å². The van der Waals surface area contributed by atoms with E-state index in [1.54, 1.807) is 0 Å². The molecule has 0 saturated carbocycles. The summed E-state index contributed by atoms with van der Waals surface area (Å²) in [5.74, 6) is -1.47. The van der Waals surface area contributed by atoms with Crippen LogP contribution in [0.1, 0.15) is 59.3 Å². The van der Waals surface area contributed by atoms with Crippen molar-refractivity contribution in [3.8, 4) is 0 Å². The number of carbonyl (C=O) groups is 4. The average molecular weight is 664 g/mol. The lowest BCUT2D eigenvalue weighted by Gasteiger charge is -2.39. The molecule has 3 aliphatic rings. The van der Waals surface area contributed by atoms with Crippen molar-refractivity contribution in [1.29, 1.82) is 0 Å². The molecule has 0 aromatic rings. The topological polar surface area (TPSA) is 254 Å². The number of ether oxygens (including phenoxy) is 4. The second-order valence-corrected chi connectivity index (χ2v) is 12.0. The number of hydrogen-bond donors (Lipinski definition) is 8. The molecule has 0 aromatic heterocycles. The SMILES string of the molecule is CC(=O)CCCCC(=O)N1C(C(=O)NCCO[C@@H]2O[C@@H](C)[C@@H](O)[C@@H](O)[C@@H]2O)CC[C@H]1C(=O)NCCO[C@@H]1O[C@@H](C)[C@@H](O)[C@@H](O)[C@@H]1O. The summed E-state index contributed by atoms with van der Waals surface area (Å²) in [7, 11) is 0. The van der Waals surface area contributed by atoms with Crippen molar-refractivity contribution < 1.29 is 68.8 Å². The Bertz CT molecular complexity index is 973. The fraction of sp³-hybridized carbons (Fsp3) is 0.862. The van der Waals surface area contributed by atoms with E-state index >= 15 is 0 Å². The Hall–Kier alpha value is -2.32. The maximum absolute atomic E-state index is 13.3. The predicted octanol–water partition coefficient (Wildman–Crippen LogP) is -3.58. The van der Waals surface area contributed by atoms with E-state index in [0.717, 1.165) is 0 Å². The van der Waals surface area contributed by atoms with Crippen LogP contribution in [0, 0.1) is 0 Å². The summed E-state index contributed by atoms with van der Waals surface area (Å²) in [6.07, 6.45) is -10.9. The van der Waals surface area contributed by atoms with Gasteiger partial charge in [0, 0.05) is 25.9 Å². The number of ketones is 1. The van der Waals surface area contributed by atoms with Gasteiger partial charge in [-0.05, 0) is 46.5 Å². The number of aliphatic hydroxyl groups is 6. The molecule has 17 heteroatoms. The minimum Gasteiger partial charge on any atom is -0.388 e. The second kappa shape index (κ2) is 17.7. The van der Waals surface area contributed by atoms with Gasteiger partial charge >= 0.3 is 0 Å². The van der Waals surface area contributed by atoms with E-state index in [1.807, 2.05) is 0 Å². The molecule has 1 unspecified atom stereocenters. The third kappa shape index (κ3) is 9.85. The van der Waals surface area contributed by atoms with Gasteiger partial charge in [-0.25, -0.2) is 0 Å². The zero-order valence-corrected chi connectivity index (χ0v) is 26.4. The van der Waals surface area contributed by atoms with Gasteiger partial charge in [0.05, 0.1) is 25.4 Å². The van der Waals surface area contributed by atoms with Crippen LogP contribution in [0.5, 0.6) is 0 Å². The van der Waals surface area contributed by atoms with Gasteiger partial charge in [0.1, 0.15) is 54.5 Å². The maximum atomic E-state index is 13.3. The minimum atomic E-state index is -1.50. The highest BCUT2D eigenvalue weighted by atomic mass is 16.7. The van der Waals surface area contributed by atoms with Gasteiger partial charge in [-0.15, -0.1) is 0 Å². The lowest BCUT2D eigenvalue weighted by atomic mass is 10.0. The first-order valence-electron chi connectivity index (χ1n) is 15.7. The van der Waals surface area contributed by atoms with Crippen molar-refractivity contribution in [3.63, 3.8) is 0 Å². The number of rotatable bonds is 15. The summed E-state index contributed by atoms with van der Waals surface area (Å²) >= 11 is 0. The number of hydrogen-bond acceptors (Lipinski definition) is 14. The average Bonchev–Trinajstić information content (AvgIpc) is 3.47. The molecule has 17 nitrogen and oxygen atoms in total. The smallest absolute Gasteiger partial charge is 0.242 e. The fourth-order valence-electron chi connectivity index (χ4n) is 5.69. The Balaban J connectivity index is 1.53. The number of unbranched alkanes of at least 4 members (excludes halogenated alkanes) is 1. The Morgan fingerprint density at radius 3 is 1.50 bits per heavy atom. The first-order valence-corrected chi connectivity index (χ1v) is 15.7. The van der Waals surface area contributed by atoms with E-state index in [9.17, 15) is 49.8 Å². The number of aliphatic hydroxyl groups excluding tert-OH is 6. The molecule has 8 N–H and O–H groups in total. The summed E-state index contributed by atoms with van der Waals surface area (Å²) in [6.45, 7) is 4.16. The van der Waals surface area contributed by atoms with Gasteiger partial charge in [-0.3, -0.25) is 14.4 Å². The normalized spacial score (nSPS) is 36.3. The molecule has 12 atom stereocenters. The molecule has 46 heavy (non-hydrogen) atoms. The molecule has 0 spiro atoms. The zero-order chi connectivity index (χ0) is 34.1. The van der Waals surface area contributed by atoms with Crippen molar-refractivity contribution in [2.75, 3.05) is 26.3 Å². The molecular formula is C29H49N3O14. The monoisotopic (exact) mass is 663 g/mol. The highest BCUT2D eigenvalue weighted by Crippen LogP contribution is 2.27. The van der Waals surface area contributed by atoms with Crippen LogP contribution in [-0.4, -0.2) is 159 Å². The van der Waals surface area contributed by atoms with Gasteiger partial charge < -0.3 is 69.9 Å². The van der Waals surface area contributed by atoms with Crippen molar-refractivity contribution >= 4 is 23.5 Å². The summed E-state index contributed by atoms with van der Waals surface area (Å²) in [5.41, 5.74) is 0. The van der Waals surface area contributed by atoms with Crippen LogP contribution in [-0.2, 0) is 38.1 Å². The summed E-state index contributed by atoms with van der Waals surface area (Å²) in [5, 5.41) is 65.0. The summed E-state index contributed by atoms with van der Waals surface area (Å²) in [4.78, 5) is 52.2. The highest BCUT2D eigenvalue weighted by Gasteiger charge is 2.45. The number of nitrogens with one attached hydrogen (secondary N) is 2. The Kier molecular flexibility index (Phi) is 14.7. The second-order valence-electron chi connectivity index (χ2n) is 12.0. The Labute approximate surface area is 267 Å². The maximum Gasteiger partial charge on any atom is 0.242 e. The largest absolute Gasteiger partial charge is 0.388 e. The first-order chi connectivity index (χ1) is 21.7. The minimum absolute atomic E-state index is 0.00912. The van der Waals surface area contributed by atoms with E-state index in [4.69, 9.17) is 18.9 Å². The number of nitrogens with zero attached hydrogens (tertiary/aromatic N) is 1. The Morgan fingerprint density at radius 2 is 1.09 bits per heavy atom. The van der Waals surface area contributed by atoms with Gasteiger partial charge in [0.15, 0.2) is 12.6 Å². The number of likely N-dealkylation sites (tertiary alicyclic amines) is 1. The van der Waals surface area contributed by atoms with Crippen LogP contribution in [0.25, 0.3) is 0 Å². The zero-order valence-electron chi connectivity index (χ0n) is 26.4. The van der Waals surface area contributed by atoms with Gasteiger partial charge in [0.2, 0.25) is 17.7 Å². The van der Waals surface area contributed by atoms with E-state index in [-0.39, 0.29) is 51.3 Å². The van der Waals surface area contributed by atoms with Crippen molar-refractivity contribution in [3.05, 3.63) is 0 Å². The molecular weight excluding hydrogens is 614 g/mol. The molecule has 3 saturated heterocycles. The first kappa shape index (κ1) is 38.1. The quantitative estimate of drug-likeness (QED) is 0.0789. The van der Waals surface area contributed by atoms with Crippen LogP contribution in [0.3, 0.4) is 0 Å². The van der Waals surface area contributed by atoms with Gasteiger partial charge in [-0.1, -0.05) is 0 Å². The van der Waals surface area contributed by atoms with Crippen molar-refractivity contribution in [2.24, 2.45) is 0 Å². The Morgan fingerprint density at radius 1 is 0.674 bits per heavy atom. The molecule has 0 bridgehead atoms. The van der Waals surface area contributed by atoms with E-state index in [2.05, 4.69) is 10.6 Å². The van der Waals surface area contributed by atoms with Crippen LogP contribution in [0.2, 0.25) is 0 Å². The number of Topliss-reactive ketones (excluding diaryl/α,β-unsaturated/α-hetero) is 1. The highest BCUT2D eigenvalue weighted by molar-refractivity contribution is 5.94. The van der Waals surface area contributed by atoms with Crippen molar-refractivity contribution in [2.45, 2.75) is 133 Å². The van der Waals surface area contributed by atoms with Crippen molar-refractivity contribution in [1.82, 2.24) is 15.5 Å². The molecule has 0 aromatic carbocycles. The van der Waals surface area contributed by atoms with Crippen LogP contribution in [0.4, 0.5) is 0 Å². The third-order valence-electron chi connectivity index (χ3n) is 8.43. The lowest BCUT2D eigenvalue weighted by molar-refractivity contribution is -0.292. The van der Waals surface area contributed by atoms with Gasteiger partial charge in [0.25, 0.3) is 0 Å². The summed E-state index contributed by atoms with van der Waals surface area (Å²) in [6, 6.07) is -1.91. The standard InChI is InChI=1S/C29H49N3O14/c1-14(33)6-4-5-7-19(34)32-17(26(41)30-10-12-43-28-24(39)22(37)20(35)15(2)45-28)8-9-18(32)27(42)31-11-13-44-29-25(40)23(38)21(36)16(3)46-29/h15-18,20-25,28-29,35-40H,4-13H2,1-3H3,(H,30,41)(H,31,42)/t15-,16-,17-,18?,20+,21+,22+,23+,24-,25-,28+,29+/m0/s1. The number of carbonyl (C=O) groups excluding carboxylic acids is 4. The van der Waals surface area contributed by atoms with Crippen LogP contribution in [0.15, 0.2) is 0 Å². The molecule has 264 valence electrons.